The number of fused-ring (bicyclic) bond motifs is 1. The van der Waals surface area contributed by atoms with E-state index >= 15 is 0 Å². The van der Waals surface area contributed by atoms with E-state index in [9.17, 15) is 18.0 Å². The molecule has 0 unspecified atom stereocenters. The molecule has 0 radical (unpaired) electrons. The number of hydrogen-bond donors (Lipinski definition) is 4. The average Bonchev–Trinajstić information content (AvgIpc) is 2.96. The fourth-order valence-corrected chi connectivity index (χ4v) is 3.56. The van der Waals surface area contributed by atoms with Crippen LogP contribution in [0.1, 0.15) is 5.56 Å². The van der Waals surface area contributed by atoms with Crippen molar-refractivity contribution < 1.29 is 18.0 Å². The van der Waals surface area contributed by atoms with E-state index in [1.165, 1.54) is 0 Å². The van der Waals surface area contributed by atoms with Crippen molar-refractivity contribution in [1.82, 2.24) is 15.4 Å². The first-order valence-electron chi connectivity index (χ1n) is 7.47. The van der Waals surface area contributed by atoms with Crippen LogP contribution in [0, 0.1) is 0 Å². The first-order chi connectivity index (χ1) is 11.8. The lowest BCUT2D eigenvalue weighted by Crippen LogP contribution is -2.51. The van der Waals surface area contributed by atoms with Crippen molar-refractivity contribution in [2.75, 3.05) is 19.5 Å². The summed E-state index contributed by atoms with van der Waals surface area (Å²) in [4.78, 5) is 24.0. The van der Waals surface area contributed by atoms with Gasteiger partial charge in [0, 0.05) is 11.1 Å². The van der Waals surface area contributed by atoms with E-state index in [0.29, 0.717) is 0 Å². The minimum atomic E-state index is -3.42. The van der Waals surface area contributed by atoms with Crippen molar-refractivity contribution in [3.8, 4) is 0 Å². The fraction of sp³-hybridized carbons (Fsp3) is 0.333. The van der Waals surface area contributed by atoms with Gasteiger partial charge in [0.15, 0.2) is 0 Å². The summed E-state index contributed by atoms with van der Waals surface area (Å²) in [6, 6.07) is 6.91. The Kier molecular flexibility index (Phi) is 6.48. The van der Waals surface area contributed by atoms with E-state index in [1.54, 1.807) is 11.3 Å². The van der Waals surface area contributed by atoms with Gasteiger partial charge in [-0.15, -0.1) is 11.3 Å². The number of benzene rings is 1. The topological polar surface area (TPSA) is 130 Å². The van der Waals surface area contributed by atoms with Crippen molar-refractivity contribution in [2.45, 2.75) is 12.5 Å². The van der Waals surface area contributed by atoms with Crippen LogP contribution in [0.3, 0.4) is 0 Å². The molecule has 0 saturated carbocycles. The first-order valence-corrected chi connectivity index (χ1v) is 10.2. The van der Waals surface area contributed by atoms with Crippen LogP contribution < -0.4 is 21.1 Å². The number of sulfonamides is 1. The van der Waals surface area contributed by atoms with Crippen LogP contribution in [0.25, 0.3) is 10.1 Å². The third-order valence-corrected chi connectivity index (χ3v) is 5.10. The Labute approximate surface area is 149 Å². The van der Waals surface area contributed by atoms with Crippen molar-refractivity contribution in [3.05, 3.63) is 35.2 Å². The van der Waals surface area contributed by atoms with Crippen LogP contribution in [0.15, 0.2) is 29.6 Å². The summed E-state index contributed by atoms with van der Waals surface area (Å²) < 4.78 is 25.4. The van der Waals surface area contributed by atoms with E-state index in [4.69, 9.17) is 5.73 Å². The van der Waals surface area contributed by atoms with Crippen LogP contribution in [0.4, 0.5) is 0 Å². The van der Waals surface area contributed by atoms with Crippen LogP contribution in [-0.4, -0.2) is 45.7 Å². The van der Waals surface area contributed by atoms with E-state index in [1.807, 2.05) is 29.6 Å². The molecule has 10 heteroatoms. The molecule has 0 fully saturated rings. The molecule has 1 aromatic heterocycles. The highest BCUT2D eigenvalue weighted by Gasteiger charge is 2.22. The maximum absolute atomic E-state index is 12.3. The highest BCUT2D eigenvalue weighted by Crippen LogP contribution is 2.26. The Morgan fingerprint density at radius 2 is 2.00 bits per heavy atom. The zero-order valence-corrected chi connectivity index (χ0v) is 15.2. The van der Waals surface area contributed by atoms with Crippen LogP contribution in [0.5, 0.6) is 0 Å². The molecule has 2 rings (SSSR count). The predicted octanol–water partition coefficient (Wildman–Crippen LogP) is -0.490. The second-order valence-corrected chi connectivity index (χ2v) is 8.16. The monoisotopic (exact) mass is 384 g/mol. The lowest BCUT2D eigenvalue weighted by molar-refractivity contribution is -0.128. The zero-order chi connectivity index (χ0) is 18.4. The van der Waals surface area contributed by atoms with Gasteiger partial charge in [-0.3, -0.25) is 9.59 Å². The lowest BCUT2D eigenvalue weighted by Gasteiger charge is -2.18. The molecule has 1 atom stereocenters. The summed E-state index contributed by atoms with van der Waals surface area (Å²) >= 11 is 1.55. The molecule has 0 aliphatic rings. The number of rotatable bonds is 8. The molecule has 1 heterocycles. The van der Waals surface area contributed by atoms with E-state index in [0.717, 1.165) is 21.9 Å². The molecule has 8 nitrogen and oxygen atoms in total. The van der Waals surface area contributed by atoms with Gasteiger partial charge in [0.25, 0.3) is 0 Å². The Bertz CT molecular complexity index is 863. The quantitative estimate of drug-likeness (QED) is 0.456. The molecule has 0 spiro atoms. The minimum absolute atomic E-state index is 0.240. The van der Waals surface area contributed by atoms with Crippen LogP contribution >= 0.6 is 11.3 Å². The molecular weight excluding hydrogens is 364 g/mol. The maximum Gasteiger partial charge on any atom is 0.243 e. The van der Waals surface area contributed by atoms with Gasteiger partial charge in [-0.25, -0.2) is 8.42 Å². The standard InChI is InChI=1S/C15H20N4O4S2/c1-25(22,23)18-9-17-15(21)12(19-14(20)7-16)6-10-8-24-13-5-3-2-4-11(10)13/h2-5,8,12,18H,6-7,9,16H2,1H3,(H,17,21)(H,19,20)/t12-/m1/s1. The summed E-state index contributed by atoms with van der Waals surface area (Å²) in [5.74, 6) is -0.955. The molecule has 0 saturated heterocycles. The van der Waals surface area contributed by atoms with Gasteiger partial charge in [0.1, 0.15) is 6.04 Å². The summed E-state index contributed by atoms with van der Waals surface area (Å²) in [7, 11) is -3.42. The molecule has 136 valence electrons. The minimum Gasteiger partial charge on any atom is -0.343 e. The Morgan fingerprint density at radius 3 is 2.68 bits per heavy atom. The maximum atomic E-state index is 12.3. The lowest BCUT2D eigenvalue weighted by atomic mass is 10.0. The number of carbonyl (C=O) groups excluding carboxylic acids is 2. The van der Waals surface area contributed by atoms with Crippen LogP contribution in [-0.2, 0) is 26.0 Å². The Morgan fingerprint density at radius 1 is 1.28 bits per heavy atom. The first kappa shape index (κ1) is 19.3. The third-order valence-electron chi connectivity index (χ3n) is 3.42. The van der Waals surface area contributed by atoms with Gasteiger partial charge in [-0.05, 0) is 22.4 Å². The zero-order valence-electron chi connectivity index (χ0n) is 13.6. The smallest absolute Gasteiger partial charge is 0.243 e. The molecule has 0 bridgehead atoms. The molecule has 0 aliphatic carbocycles. The summed E-state index contributed by atoms with van der Waals surface area (Å²) in [6.07, 6.45) is 1.27. The summed E-state index contributed by atoms with van der Waals surface area (Å²) in [6.45, 7) is -0.493. The van der Waals surface area contributed by atoms with Gasteiger partial charge in [-0.1, -0.05) is 18.2 Å². The normalized spacial score (nSPS) is 12.7. The molecule has 5 N–H and O–H groups in total. The summed E-state index contributed by atoms with van der Waals surface area (Å²) in [5, 5.41) is 7.97. The van der Waals surface area contributed by atoms with Crippen molar-refractivity contribution in [1.29, 1.82) is 0 Å². The van der Waals surface area contributed by atoms with Gasteiger partial charge in [-0.2, -0.15) is 4.72 Å². The van der Waals surface area contributed by atoms with Gasteiger partial charge < -0.3 is 16.4 Å². The van der Waals surface area contributed by atoms with Crippen LogP contribution in [0.2, 0.25) is 0 Å². The van der Waals surface area contributed by atoms with Crippen molar-refractivity contribution in [3.63, 3.8) is 0 Å². The van der Waals surface area contributed by atoms with Gasteiger partial charge in [0.2, 0.25) is 21.8 Å². The summed E-state index contributed by atoms with van der Waals surface area (Å²) in [5.41, 5.74) is 6.23. The second kappa shape index (κ2) is 8.39. The number of hydrogen-bond acceptors (Lipinski definition) is 6. The molecule has 25 heavy (non-hydrogen) atoms. The highest BCUT2D eigenvalue weighted by atomic mass is 32.2. The second-order valence-electron chi connectivity index (χ2n) is 5.42. The predicted molar refractivity (Wildman–Crippen MR) is 97.5 cm³/mol. The van der Waals surface area contributed by atoms with Crippen molar-refractivity contribution >= 4 is 43.3 Å². The van der Waals surface area contributed by atoms with Crippen molar-refractivity contribution in [2.24, 2.45) is 5.73 Å². The number of nitrogens with one attached hydrogen (secondary N) is 3. The van der Waals surface area contributed by atoms with Gasteiger partial charge in [0.05, 0.1) is 19.5 Å². The van der Waals surface area contributed by atoms with Gasteiger partial charge >= 0.3 is 0 Å². The number of thiophene rings is 1. The molecule has 1 aromatic carbocycles. The number of carbonyl (C=O) groups is 2. The Hall–Kier alpha value is -2.01. The van der Waals surface area contributed by atoms with E-state index in [-0.39, 0.29) is 19.6 Å². The van der Waals surface area contributed by atoms with E-state index in [2.05, 4.69) is 15.4 Å². The SMILES string of the molecule is CS(=O)(=O)NCNC(=O)[C@@H](Cc1csc2ccccc12)NC(=O)CN. The number of amides is 2. The van der Waals surface area contributed by atoms with E-state index < -0.39 is 27.9 Å². The highest BCUT2D eigenvalue weighted by molar-refractivity contribution is 7.88. The number of nitrogens with two attached hydrogens (primary N) is 1. The molecule has 2 aromatic rings. The fourth-order valence-electron chi connectivity index (χ4n) is 2.25. The Balaban J connectivity index is 2.12. The molecule has 0 aliphatic heterocycles. The molecular formula is C15H20N4O4S2. The average molecular weight is 384 g/mol. The third kappa shape index (κ3) is 5.78. The largest absolute Gasteiger partial charge is 0.343 e. The molecule has 2 amide bonds.